The van der Waals surface area contributed by atoms with Gasteiger partial charge in [-0.2, -0.15) is 0 Å². The quantitative estimate of drug-likeness (QED) is 0.809. The van der Waals surface area contributed by atoms with Crippen LogP contribution in [0, 0.1) is 0 Å². The Bertz CT molecular complexity index is 260. The molecule has 0 radical (unpaired) electrons. The lowest BCUT2D eigenvalue weighted by molar-refractivity contribution is 0.585. The van der Waals surface area contributed by atoms with Crippen LogP contribution in [0.15, 0.2) is 6.20 Å². The minimum atomic E-state index is 0.186. The minimum absolute atomic E-state index is 0.186. The Hall–Kier alpha value is -0.410. The lowest BCUT2D eigenvalue weighted by Crippen LogP contribution is -2.09. The second-order valence-electron chi connectivity index (χ2n) is 4.27. The summed E-state index contributed by atoms with van der Waals surface area (Å²) < 4.78 is 0. The van der Waals surface area contributed by atoms with Crippen molar-refractivity contribution in [3.05, 3.63) is 16.1 Å². The van der Waals surface area contributed by atoms with Crippen molar-refractivity contribution in [1.29, 1.82) is 0 Å². The van der Waals surface area contributed by atoms with E-state index in [1.165, 1.54) is 9.88 Å². The Morgan fingerprint density at radius 1 is 1.46 bits per heavy atom. The van der Waals surface area contributed by atoms with Crippen molar-refractivity contribution in [2.75, 3.05) is 6.54 Å². The predicted molar refractivity (Wildman–Crippen MR) is 58.2 cm³/mol. The Kier molecular flexibility index (Phi) is 3.45. The van der Waals surface area contributed by atoms with Gasteiger partial charge in [-0.05, 0) is 19.4 Å². The van der Waals surface area contributed by atoms with Gasteiger partial charge in [0.25, 0.3) is 0 Å². The molecular formula is C10H18N2S. The van der Waals surface area contributed by atoms with Crippen LogP contribution in [0.5, 0.6) is 0 Å². The molecule has 2 nitrogen and oxygen atoms in total. The van der Waals surface area contributed by atoms with Crippen LogP contribution in [0.25, 0.3) is 0 Å². The molecule has 0 saturated carbocycles. The zero-order valence-electron chi connectivity index (χ0n) is 8.63. The molecule has 1 rings (SSSR count). The second kappa shape index (κ2) is 4.20. The number of hydrogen-bond acceptors (Lipinski definition) is 3. The molecule has 0 aromatic carbocycles. The highest BCUT2D eigenvalue weighted by atomic mass is 32.1. The summed E-state index contributed by atoms with van der Waals surface area (Å²) in [6.45, 7) is 7.35. The van der Waals surface area contributed by atoms with Gasteiger partial charge in [0.15, 0.2) is 0 Å². The summed E-state index contributed by atoms with van der Waals surface area (Å²) in [5.74, 6) is 0. The third-order valence-electron chi connectivity index (χ3n) is 1.82. The van der Waals surface area contributed by atoms with Gasteiger partial charge >= 0.3 is 0 Å². The van der Waals surface area contributed by atoms with Gasteiger partial charge < -0.3 is 5.73 Å². The Morgan fingerprint density at radius 2 is 2.15 bits per heavy atom. The molecule has 1 aromatic heterocycles. The number of nitrogens with zero attached hydrogens (tertiary/aromatic N) is 1. The molecule has 0 atom stereocenters. The van der Waals surface area contributed by atoms with Crippen LogP contribution in [-0.2, 0) is 11.8 Å². The first kappa shape index (κ1) is 10.7. The standard InChI is InChI=1S/C10H18N2S/c1-10(2,3)9-12-7-8(13-9)5-4-6-11/h7H,4-6,11H2,1-3H3. The summed E-state index contributed by atoms with van der Waals surface area (Å²) in [6.07, 6.45) is 4.12. The molecule has 1 aromatic rings. The van der Waals surface area contributed by atoms with Gasteiger partial charge in [0.2, 0.25) is 0 Å². The maximum atomic E-state index is 5.45. The van der Waals surface area contributed by atoms with Crippen LogP contribution < -0.4 is 5.73 Å². The Labute approximate surface area is 84.2 Å². The number of thiazole rings is 1. The summed E-state index contributed by atoms with van der Waals surface area (Å²) in [5.41, 5.74) is 5.64. The van der Waals surface area contributed by atoms with Crippen molar-refractivity contribution in [3.8, 4) is 0 Å². The molecule has 1 heterocycles. The summed E-state index contributed by atoms with van der Waals surface area (Å²) in [4.78, 5) is 5.77. The maximum Gasteiger partial charge on any atom is 0.0981 e. The van der Waals surface area contributed by atoms with E-state index in [0.717, 1.165) is 19.4 Å². The molecule has 0 aliphatic heterocycles. The van der Waals surface area contributed by atoms with Crippen molar-refractivity contribution in [3.63, 3.8) is 0 Å². The molecule has 0 unspecified atom stereocenters. The van der Waals surface area contributed by atoms with Gasteiger partial charge in [0, 0.05) is 16.5 Å². The first-order chi connectivity index (χ1) is 6.04. The van der Waals surface area contributed by atoms with E-state index >= 15 is 0 Å². The number of hydrogen-bond donors (Lipinski definition) is 1. The van der Waals surface area contributed by atoms with Crippen LogP contribution in [0.1, 0.15) is 37.1 Å². The van der Waals surface area contributed by atoms with Crippen LogP contribution in [-0.4, -0.2) is 11.5 Å². The molecule has 0 bridgehead atoms. The van der Waals surface area contributed by atoms with Crippen molar-refractivity contribution >= 4 is 11.3 Å². The number of aryl methyl sites for hydroxylation is 1. The highest BCUT2D eigenvalue weighted by Crippen LogP contribution is 2.27. The van der Waals surface area contributed by atoms with E-state index in [0.29, 0.717) is 0 Å². The zero-order chi connectivity index (χ0) is 9.90. The van der Waals surface area contributed by atoms with Crippen molar-refractivity contribution in [1.82, 2.24) is 4.98 Å². The normalized spacial score (nSPS) is 12.0. The van der Waals surface area contributed by atoms with E-state index in [-0.39, 0.29) is 5.41 Å². The molecular weight excluding hydrogens is 180 g/mol. The van der Waals surface area contributed by atoms with Gasteiger partial charge in [-0.1, -0.05) is 20.8 Å². The van der Waals surface area contributed by atoms with E-state index in [1.54, 1.807) is 0 Å². The molecule has 0 spiro atoms. The first-order valence-electron chi connectivity index (χ1n) is 4.69. The lowest BCUT2D eigenvalue weighted by Gasteiger charge is -2.13. The fourth-order valence-electron chi connectivity index (χ4n) is 1.05. The molecule has 3 heteroatoms. The molecule has 0 saturated heterocycles. The smallest absolute Gasteiger partial charge is 0.0981 e. The third kappa shape index (κ3) is 3.08. The van der Waals surface area contributed by atoms with Gasteiger partial charge in [-0.3, -0.25) is 0 Å². The summed E-state index contributed by atoms with van der Waals surface area (Å²) in [7, 11) is 0. The lowest BCUT2D eigenvalue weighted by atomic mass is 9.98. The molecule has 0 amide bonds. The molecule has 0 aliphatic carbocycles. The predicted octanol–water partition coefficient (Wildman–Crippen LogP) is 2.33. The molecule has 13 heavy (non-hydrogen) atoms. The maximum absolute atomic E-state index is 5.45. The third-order valence-corrected chi connectivity index (χ3v) is 3.31. The average Bonchev–Trinajstić information content (AvgIpc) is 2.47. The summed E-state index contributed by atoms with van der Waals surface area (Å²) >= 11 is 1.81. The van der Waals surface area contributed by atoms with Gasteiger partial charge in [-0.15, -0.1) is 11.3 Å². The first-order valence-corrected chi connectivity index (χ1v) is 5.51. The monoisotopic (exact) mass is 198 g/mol. The molecule has 74 valence electrons. The van der Waals surface area contributed by atoms with Crippen molar-refractivity contribution in [2.24, 2.45) is 5.73 Å². The Balaban J connectivity index is 2.64. The van der Waals surface area contributed by atoms with Crippen molar-refractivity contribution < 1.29 is 0 Å². The largest absolute Gasteiger partial charge is 0.330 e. The second-order valence-corrected chi connectivity index (χ2v) is 5.39. The molecule has 0 fully saturated rings. The summed E-state index contributed by atoms with van der Waals surface area (Å²) in [6, 6.07) is 0. The SMILES string of the molecule is CC(C)(C)c1ncc(CCCN)s1. The highest BCUT2D eigenvalue weighted by Gasteiger charge is 2.17. The Morgan fingerprint density at radius 3 is 2.62 bits per heavy atom. The van der Waals surface area contributed by atoms with Crippen LogP contribution >= 0.6 is 11.3 Å². The van der Waals surface area contributed by atoms with E-state index in [1.807, 2.05) is 17.5 Å². The highest BCUT2D eigenvalue weighted by molar-refractivity contribution is 7.11. The topological polar surface area (TPSA) is 38.9 Å². The number of rotatable bonds is 3. The van der Waals surface area contributed by atoms with Crippen LogP contribution in [0.4, 0.5) is 0 Å². The van der Waals surface area contributed by atoms with Crippen LogP contribution in [0.3, 0.4) is 0 Å². The zero-order valence-corrected chi connectivity index (χ0v) is 9.45. The molecule has 0 aliphatic rings. The van der Waals surface area contributed by atoms with E-state index in [9.17, 15) is 0 Å². The van der Waals surface area contributed by atoms with Gasteiger partial charge in [-0.25, -0.2) is 4.98 Å². The van der Waals surface area contributed by atoms with Crippen LogP contribution in [0.2, 0.25) is 0 Å². The summed E-state index contributed by atoms with van der Waals surface area (Å²) in [5, 5.41) is 1.22. The van der Waals surface area contributed by atoms with Gasteiger partial charge in [0.05, 0.1) is 5.01 Å². The number of nitrogens with two attached hydrogens (primary N) is 1. The molecule has 2 N–H and O–H groups in total. The number of aromatic nitrogens is 1. The van der Waals surface area contributed by atoms with E-state index in [2.05, 4.69) is 25.8 Å². The fraction of sp³-hybridized carbons (Fsp3) is 0.700. The van der Waals surface area contributed by atoms with Gasteiger partial charge in [0.1, 0.15) is 0 Å². The fourth-order valence-corrected chi connectivity index (χ4v) is 2.06. The minimum Gasteiger partial charge on any atom is -0.330 e. The van der Waals surface area contributed by atoms with Crippen molar-refractivity contribution in [2.45, 2.75) is 39.0 Å². The average molecular weight is 198 g/mol. The van der Waals surface area contributed by atoms with E-state index < -0.39 is 0 Å². The van der Waals surface area contributed by atoms with E-state index in [4.69, 9.17) is 5.73 Å².